The monoisotopic (exact) mass is 261 g/mol. The number of carbonyl (C=O) groups excluding carboxylic acids is 1. The second-order valence-electron chi connectivity index (χ2n) is 5.68. The second-order valence-corrected chi connectivity index (χ2v) is 5.68. The van der Waals surface area contributed by atoms with E-state index in [1.165, 1.54) is 0 Å². The zero-order valence-corrected chi connectivity index (χ0v) is 12.1. The number of nitrogens with zero attached hydrogens (tertiary/aromatic N) is 2. The van der Waals surface area contributed by atoms with Crippen molar-refractivity contribution in [1.29, 1.82) is 0 Å². The van der Waals surface area contributed by atoms with E-state index in [0.717, 1.165) is 37.4 Å². The summed E-state index contributed by atoms with van der Waals surface area (Å²) in [4.78, 5) is 18.4. The Morgan fingerprint density at radius 1 is 1.37 bits per heavy atom. The minimum absolute atomic E-state index is 0.0862. The van der Waals surface area contributed by atoms with E-state index in [1.54, 1.807) is 0 Å². The highest BCUT2D eigenvalue weighted by atomic mass is 16.2. The fraction of sp³-hybridized carbons (Fsp3) is 0.600. The first-order chi connectivity index (χ1) is 9.04. The highest BCUT2D eigenvalue weighted by molar-refractivity contribution is 5.93. The highest BCUT2D eigenvalue weighted by Gasteiger charge is 2.22. The lowest BCUT2D eigenvalue weighted by molar-refractivity contribution is -0.118. The van der Waals surface area contributed by atoms with Crippen LogP contribution in [0.2, 0.25) is 0 Å². The maximum Gasteiger partial charge on any atom is 0.228 e. The van der Waals surface area contributed by atoms with Gasteiger partial charge in [-0.05, 0) is 18.6 Å². The molecule has 0 radical (unpaired) electrons. The van der Waals surface area contributed by atoms with Gasteiger partial charge in [-0.1, -0.05) is 20.8 Å². The van der Waals surface area contributed by atoms with Crippen LogP contribution in [0.3, 0.4) is 0 Å². The molecule has 0 saturated carbocycles. The third kappa shape index (κ3) is 3.13. The molecule has 2 rings (SSSR count). The molecule has 0 spiro atoms. The van der Waals surface area contributed by atoms with E-state index in [-0.39, 0.29) is 11.3 Å². The van der Waals surface area contributed by atoms with Crippen molar-refractivity contribution in [2.24, 2.45) is 0 Å². The topological polar surface area (TPSA) is 45.2 Å². The van der Waals surface area contributed by atoms with Crippen LogP contribution in [0.15, 0.2) is 18.3 Å². The van der Waals surface area contributed by atoms with Crippen LogP contribution in [0.5, 0.6) is 0 Å². The molecule has 0 bridgehead atoms. The molecule has 1 aliphatic heterocycles. The summed E-state index contributed by atoms with van der Waals surface area (Å²) in [5, 5.41) is 3.24. The fourth-order valence-corrected chi connectivity index (χ4v) is 2.17. The average molecular weight is 261 g/mol. The third-order valence-electron chi connectivity index (χ3n) is 3.97. The van der Waals surface area contributed by atoms with E-state index in [2.05, 4.69) is 31.1 Å². The summed E-state index contributed by atoms with van der Waals surface area (Å²) < 4.78 is 0. The Morgan fingerprint density at radius 2 is 2.16 bits per heavy atom. The molecule has 0 unspecified atom stereocenters. The van der Waals surface area contributed by atoms with Crippen LogP contribution in [-0.2, 0) is 10.2 Å². The van der Waals surface area contributed by atoms with Crippen molar-refractivity contribution in [3.05, 3.63) is 24.0 Å². The normalized spacial score (nSPS) is 17.4. The summed E-state index contributed by atoms with van der Waals surface area (Å²) in [7, 11) is 0. The van der Waals surface area contributed by atoms with Gasteiger partial charge in [0.15, 0.2) is 0 Å². The van der Waals surface area contributed by atoms with E-state index in [0.29, 0.717) is 6.42 Å². The lowest BCUT2D eigenvalue weighted by Gasteiger charge is -2.24. The number of hydrogen-bond acceptors (Lipinski definition) is 3. The summed E-state index contributed by atoms with van der Waals surface area (Å²) >= 11 is 0. The van der Waals surface area contributed by atoms with Gasteiger partial charge in [0, 0.05) is 37.2 Å². The van der Waals surface area contributed by atoms with Gasteiger partial charge < -0.3 is 10.2 Å². The van der Waals surface area contributed by atoms with Gasteiger partial charge in [-0.15, -0.1) is 0 Å². The van der Waals surface area contributed by atoms with Crippen molar-refractivity contribution in [1.82, 2.24) is 10.3 Å². The Balaban J connectivity index is 2.20. The lowest BCUT2D eigenvalue weighted by atomic mass is 9.86. The smallest absolute Gasteiger partial charge is 0.228 e. The predicted molar refractivity (Wildman–Crippen MR) is 77.4 cm³/mol. The molecule has 4 nitrogen and oxygen atoms in total. The quantitative estimate of drug-likeness (QED) is 0.906. The first-order valence-corrected chi connectivity index (χ1v) is 7.02. The first kappa shape index (κ1) is 14.0. The van der Waals surface area contributed by atoms with Gasteiger partial charge in [0.05, 0.1) is 11.9 Å². The molecule has 0 atom stereocenters. The van der Waals surface area contributed by atoms with Crippen LogP contribution in [-0.4, -0.2) is 30.5 Å². The molecule has 1 aromatic heterocycles. The van der Waals surface area contributed by atoms with E-state index in [9.17, 15) is 4.79 Å². The van der Waals surface area contributed by atoms with Gasteiger partial charge in [-0.25, -0.2) is 0 Å². The van der Waals surface area contributed by atoms with Crippen molar-refractivity contribution in [3.8, 4) is 0 Å². The first-order valence-electron chi connectivity index (χ1n) is 7.02. The Bertz CT molecular complexity index is 439. The molecule has 19 heavy (non-hydrogen) atoms. The van der Waals surface area contributed by atoms with Gasteiger partial charge in [-0.3, -0.25) is 9.78 Å². The van der Waals surface area contributed by atoms with Gasteiger partial charge >= 0.3 is 0 Å². The number of nitrogens with one attached hydrogen (secondary N) is 1. The maximum atomic E-state index is 12.0. The summed E-state index contributed by atoms with van der Waals surface area (Å²) in [5.41, 5.74) is 2.08. The van der Waals surface area contributed by atoms with Crippen LogP contribution < -0.4 is 10.2 Å². The van der Waals surface area contributed by atoms with Crippen molar-refractivity contribution in [2.45, 2.75) is 39.0 Å². The fourth-order valence-electron chi connectivity index (χ4n) is 2.17. The molecule has 4 heteroatoms. The van der Waals surface area contributed by atoms with Crippen molar-refractivity contribution >= 4 is 11.6 Å². The van der Waals surface area contributed by atoms with E-state index in [1.807, 2.05) is 23.2 Å². The van der Waals surface area contributed by atoms with Crippen molar-refractivity contribution < 1.29 is 4.79 Å². The molecular weight excluding hydrogens is 238 g/mol. The highest BCUT2D eigenvalue weighted by Crippen LogP contribution is 2.26. The molecule has 1 saturated heterocycles. The number of rotatable bonds is 3. The molecule has 1 N–H and O–H groups in total. The Labute approximate surface area is 115 Å². The number of aromatic nitrogens is 1. The number of anilines is 1. The van der Waals surface area contributed by atoms with Gasteiger partial charge in [0.1, 0.15) is 0 Å². The second kappa shape index (κ2) is 5.70. The van der Waals surface area contributed by atoms with Crippen molar-refractivity contribution in [2.75, 3.05) is 24.5 Å². The number of hydrogen-bond donors (Lipinski definition) is 1. The van der Waals surface area contributed by atoms with E-state index in [4.69, 9.17) is 0 Å². The molecule has 2 heterocycles. The zero-order chi connectivity index (χ0) is 13.9. The molecule has 1 aliphatic rings. The van der Waals surface area contributed by atoms with Crippen LogP contribution in [0.1, 0.15) is 39.3 Å². The summed E-state index contributed by atoms with van der Waals surface area (Å²) in [6, 6.07) is 4.06. The molecule has 104 valence electrons. The largest absolute Gasteiger partial charge is 0.314 e. The lowest BCUT2D eigenvalue weighted by Crippen LogP contribution is -2.32. The zero-order valence-electron chi connectivity index (χ0n) is 12.1. The minimum atomic E-state index is 0.0862. The maximum absolute atomic E-state index is 12.0. The SMILES string of the molecule is CCC(C)(C)c1ccc(N2CCNCCC2=O)cn1. The Hall–Kier alpha value is -1.42. The van der Waals surface area contributed by atoms with Crippen LogP contribution in [0.4, 0.5) is 5.69 Å². The summed E-state index contributed by atoms with van der Waals surface area (Å²) in [6.07, 6.45) is 3.43. The number of pyridine rings is 1. The Kier molecular flexibility index (Phi) is 4.20. The average Bonchev–Trinajstić information content (AvgIpc) is 2.63. The number of amides is 1. The standard InChI is InChI=1S/C15H23N3O/c1-4-15(2,3)13-6-5-12(11-17-13)18-10-9-16-8-7-14(18)19/h5-6,11,16H,4,7-10H2,1-3H3. The van der Waals surface area contributed by atoms with E-state index < -0.39 is 0 Å². The molecule has 1 amide bonds. The molecule has 0 aromatic carbocycles. The molecule has 1 aromatic rings. The number of carbonyl (C=O) groups is 1. The Morgan fingerprint density at radius 3 is 2.79 bits per heavy atom. The van der Waals surface area contributed by atoms with Crippen LogP contribution >= 0.6 is 0 Å². The van der Waals surface area contributed by atoms with Gasteiger partial charge in [0.25, 0.3) is 0 Å². The minimum Gasteiger partial charge on any atom is -0.314 e. The summed E-state index contributed by atoms with van der Waals surface area (Å²) in [6.45, 7) is 8.88. The van der Waals surface area contributed by atoms with E-state index >= 15 is 0 Å². The van der Waals surface area contributed by atoms with Gasteiger partial charge in [-0.2, -0.15) is 0 Å². The molecular formula is C15H23N3O. The van der Waals surface area contributed by atoms with Crippen molar-refractivity contribution in [3.63, 3.8) is 0 Å². The third-order valence-corrected chi connectivity index (χ3v) is 3.97. The predicted octanol–water partition coefficient (Wildman–Crippen LogP) is 2.10. The van der Waals surface area contributed by atoms with Gasteiger partial charge in [0.2, 0.25) is 5.91 Å². The molecule has 1 fully saturated rings. The summed E-state index contributed by atoms with van der Waals surface area (Å²) in [5.74, 6) is 0.175. The molecule has 0 aliphatic carbocycles. The van der Waals surface area contributed by atoms with Crippen LogP contribution in [0.25, 0.3) is 0 Å². The van der Waals surface area contributed by atoms with Crippen LogP contribution in [0, 0.1) is 0 Å².